The molecule has 17 heavy (non-hydrogen) atoms. The molecule has 1 aliphatic rings. The predicted octanol–water partition coefficient (Wildman–Crippen LogP) is 1.26. The second-order valence-electron chi connectivity index (χ2n) is 4.38. The Kier molecular flexibility index (Phi) is 4.14. The van der Waals surface area contributed by atoms with Crippen molar-refractivity contribution in [2.75, 3.05) is 13.7 Å². The van der Waals surface area contributed by atoms with E-state index in [0.29, 0.717) is 12.5 Å². The average Bonchev–Trinajstić information content (AvgIpc) is 3.08. The molecule has 5 nitrogen and oxygen atoms in total. The summed E-state index contributed by atoms with van der Waals surface area (Å²) < 4.78 is 6.82. The van der Waals surface area contributed by atoms with Gasteiger partial charge < -0.3 is 14.6 Å². The zero-order valence-electron chi connectivity index (χ0n) is 10.2. The minimum atomic E-state index is -0.144. The summed E-state index contributed by atoms with van der Waals surface area (Å²) in [5, 5.41) is 3.32. The van der Waals surface area contributed by atoms with E-state index < -0.39 is 0 Å². The molecule has 1 N–H and O–H groups in total. The van der Waals surface area contributed by atoms with E-state index in [4.69, 9.17) is 0 Å². The van der Waals surface area contributed by atoms with E-state index >= 15 is 0 Å². The highest BCUT2D eigenvalue weighted by molar-refractivity contribution is 5.69. The van der Waals surface area contributed by atoms with E-state index in [0.717, 1.165) is 19.5 Å². The smallest absolute Gasteiger partial charge is 0.305 e. The minimum absolute atomic E-state index is 0.144. The normalized spacial score (nSPS) is 14.9. The van der Waals surface area contributed by atoms with Gasteiger partial charge in [-0.1, -0.05) is 0 Å². The Balaban J connectivity index is 1.64. The van der Waals surface area contributed by atoms with E-state index in [-0.39, 0.29) is 5.97 Å². The van der Waals surface area contributed by atoms with Gasteiger partial charge in [-0.25, -0.2) is 4.98 Å². The highest BCUT2D eigenvalue weighted by Gasteiger charge is 2.24. The molecular weight excluding hydrogens is 218 g/mol. The van der Waals surface area contributed by atoms with E-state index in [2.05, 4.69) is 19.6 Å². The monoisotopic (exact) mass is 237 g/mol. The molecule has 1 aromatic heterocycles. The molecule has 1 aliphatic carbocycles. The molecule has 2 rings (SSSR count). The van der Waals surface area contributed by atoms with Crippen LogP contribution in [0, 0.1) is 0 Å². The molecule has 1 aromatic rings. The van der Waals surface area contributed by atoms with Crippen LogP contribution in [0.3, 0.4) is 0 Å². The molecule has 0 atom stereocenters. The molecule has 5 heteroatoms. The van der Waals surface area contributed by atoms with Crippen molar-refractivity contribution < 1.29 is 9.53 Å². The number of rotatable bonds is 7. The third-order valence-corrected chi connectivity index (χ3v) is 2.95. The lowest BCUT2D eigenvalue weighted by molar-refractivity contribution is -0.140. The van der Waals surface area contributed by atoms with Gasteiger partial charge in [-0.15, -0.1) is 0 Å². The van der Waals surface area contributed by atoms with E-state index in [1.807, 2.05) is 12.5 Å². The number of carbonyl (C=O) groups excluding carboxylic acids is 1. The topological polar surface area (TPSA) is 56.1 Å². The molecule has 0 bridgehead atoms. The summed E-state index contributed by atoms with van der Waals surface area (Å²) in [4.78, 5) is 15.1. The molecule has 94 valence electrons. The molecule has 0 aliphatic heterocycles. The van der Waals surface area contributed by atoms with Crippen LogP contribution in [0.1, 0.15) is 37.4 Å². The Morgan fingerprint density at radius 1 is 1.65 bits per heavy atom. The van der Waals surface area contributed by atoms with Gasteiger partial charge >= 0.3 is 5.97 Å². The molecule has 0 radical (unpaired) electrons. The third kappa shape index (κ3) is 3.56. The van der Waals surface area contributed by atoms with Crippen LogP contribution in [0.4, 0.5) is 0 Å². The number of carbonyl (C=O) groups is 1. The fraction of sp³-hybridized carbons (Fsp3) is 0.667. The highest BCUT2D eigenvalue weighted by atomic mass is 16.5. The van der Waals surface area contributed by atoms with Crippen molar-refractivity contribution in [1.82, 2.24) is 14.9 Å². The van der Waals surface area contributed by atoms with Crippen LogP contribution in [0.25, 0.3) is 0 Å². The highest BCUT2D eigenvalue weighted by Crippen LogP contribution is 2.35. The summed E-state index contributed by atoms with van der Waals surface area (Å²) in [5.74, 6) is -0.144. The zero-order valence-corrected chi connectivity index (χ0v) is 10.2. The van der Waals surface area contributed by atoms with E-state index in [1.54, 1.807) is 0 Å². The number of nitrogens with zero attached hydrogens (tertiary/aromatic N) is 2. The SMILES string of the molecule is COC(=O)CCCNCc1cncn1C1CC1. The van der Waals surface area contributed by atoms with Crippen LogP contribution >= 0.6 is 0 Å². The maximum atomic E-state index is 10.9. The van der Waals surface area contributed by atoms with Gasteiger partial charge in [0.2, 0.25) is 0 Å². The van der Waals surface area contributed by atoms with Gasteiger partial charge in [0.25, 0.3) is 0 Å². The zero-order chi connectivity index (χ0) is 12.1. The maximum absolute atomic E-state index is 10.9. The number of hydrogen-bond acceptors (Lipinski definition) is 4. The summed E-state index contributed by atoms with van der Waals surface area (Å²) in [5.41, 5.74) is 1.23. The van der Waals surface area contributed by atoms with Crippen LogP contribution in [-0.2, 0) is 16.1 Å². The molecule has 1 fully saturated rings. The van der Waals surface area contributed by atoms with Crippen LogP contribution in [0.5, 0.6) is 0 Å². The summed E-state index contributed by atoms with van der Waals surface area (Å²) in [7, 11) is 1.42. The summed E-state index contributed by atoms with van der Waals surface area (Å²) in [6, 6.07) is 0.671. The van der Waals surface area contributed by atoms with Crippen molar-refractivity contribution in [1.29, 1.82) is 0 Å². The first-order valence-corrected chi connectivity index (χ1v) is 6.09. The van der Waals surface area contributed by atoms with Gasteiger partial charge in [-0.3, -0.25) is 4.79 Å². The predicted molar refractivity (Wildman–Crippen MR) is 63.5 cm³/mol. The van der Waals surface area contributed by atoms with Gasteiger partial charge in [-0.2, -0.15) is 0 Å². The number of esters is 1. The Morgan fingerprint density at radius 2 is 2.47 bits per heavy atom. The fourth-order valence-electron chi connectivity index (χ4n) is 1.83. The molecular formula is C12H19N3O2. The Bertz CT molecular complexity index is 372. The van der Waals surface area contributed by atoms with E-state index in [9.17, 15) is 4.79 Å². The van der Waals surface area contributed by atoms with Crippen molar-refractivity contribution in [3.8, 4) is 0 Å². The average molecular weight is 237 g/mol. The molecule has 1 saturated carbocycles. The maximum Gasteiger partial charge on any atom is 0.305 e. The number of imidazole rings is 1. The van der Waals surface area contributed by atoms with Crippen molar-refractivity contribution in [3.05, 3.63) is 18.2 Å². The molecule has 0 saturated heterocycles. The number of methoxy groups -OCH3 is 1. The molecule has 0 unspecified atom stereocenters. The lowest BCUT2D eigenvalue weighted by Crippen LogP contribution is -2.18. The standard InChI is InChI=1S/C12H19N3O2/c1-17-12(16)3-2-6-13-7-11-8-14-9-15(11)10-4-5-10/h8-10,13H,2-7H2,1H3. The first-order valence-electron chi connectivity index (χ1n) is 6.09. The van der Waals surface area contributed by atoms with Crippen LogP contribution in [-0.4, -0.2) is 29.2 Å². The Labute approximate surface area is 101 Å². The molecule has 1 heterocycles. The summed E-state index contributed by atoms with van der Waals surface area (Å²) in [6.45, 7) is 1.64. The first kappa shape index (κ1) is 12.1. The van der Waals surface area contributed by atoms with Crippen molar-refractivity contribution in [3.63, 3.8) is 0 Å². The second kappa shape index (κ2) is 5.82. The van der Waals surface area contributed by atoms with Crippen molar-refractivity contribution in [2.45, 2.75) is 38.3 Å². The van der Waals surface area contributed by atoms with Gasteiger partial charge in [0.1, 0.15) is 0 Å². The molecule has 0 aromatic carbocycles. The molecule has 0 amide bonds. The minimum Gasteiger partial charge on any atom is -0.469 e. The summed E-state index contributed by atoms with van der Waals surface area (Å²) in [6.07, 6.45) is 7.64. The summed E-state index contributed by atoms with van der Waals surface area (Å²) >= 11 is 0. The number of aromatic nitrogens is 2. The van der Waals surface area contributed by atoms with Crippen LogP contribution < -0.4 is 5.32 Å². The van der Waals surface area contributed by atoms with E-state index in [1.165, 1.54) is 25.6 Å². The molecule has 0 spiro atoms. The quantitative estimate of drug-likeness (QED) is 0.573. The van der Waals surface area contributed by atoms with Gasteiger partial charge in [-0.05, 0) is 25.8 Å². The Morgan fingerprint density at radius 3 is 3.18 bits per heavy atom. The third-order valence-electron chi connectivity index (χ3n) is 2.95. The van der Waals surface area contributed by atoms with Crippen LogP contribution in [0.2, 0.25) is 0 Å². The first-order chi connectivity index (χ1) is 8.31. The van der Waals surface area contributed by atoms with Crippen molar-refractivity contribution in [2.24, 2.45) is 0 Å². The van der Waals surface area contributed by atoms with Gasteiger partial charge in [0, 0.05) is 25.2 Å². The largest absolute Gasteiger partial charge is 0.469 e. The number of hydrogen-bond donors (Lipinski definition) is 1. The van der Waals surface area contributed by atoms with Crippen molar-refractivity contribution >= 4 is 5.97 Å². The Hall–Kier alpha value is -1.36. The van der Waals surface area contributed by atoms with Gasteiger partial charge in [0.05, 0.1) is 19.1 Å². The fourth-order valence-corrected chi connectivity index (χ4v) is 1.83. The second-order valence-corrected chi connectivity index (χ2v) is 4.38. The van der Waals surface area contributed by atoms with Gasteiger partial charge in [0.15, 0.2) is 0 Å². The lowest BCUT2D eigenvalue weighted by atomic mass is 10.3. The lowest BCUT2D eigenvalue weighted by Gasteiger charge is -2.07. The number of ether oxygens (including phenoxy) is 1. The number of nitrogens with one attached hydrogen (secondary N) is 1. The van der Waals surface area contributed by atoms with Crippen LogP contribution in [0.15, 0.2) is 12.5 Å².